The van der Waals surface area contributed by atoms with E-state index in [0.29, 0.717) is 11.1 Å². The van der Waals surface area contributed by atoms with E-state index < -0.39 is 28.7 Å². The second kappa shape index (κ2) is 9.56. The zero-order valence-corrected chi connectivity index (χ0v) is 20.3. The van der Waals surface area contributed by atoms with E-state index in [1.165, 1.54) is 21.5 Å². The third kappa shape index (κ3) is 6.02. The number of aromatic nitrogens is 8. The number of esters is 2. The lowest BCUT2D eigenvalue weighted by atomic mass is 9.97. The third-order valence-corrected chi connectivity index (χ3v) is 4.66. The highest BCUT2D eigenvalue weighted by Crippen LogP contribution is 2.26. The van der Waals surface area contributed by atoms with Gasteiger partial charge in [0.05, 0.1) is 10.8 Å². The van der Waals surface area contributed by atoms with E-state index in [0.717, 1.165) is 0 Å². The van der Waals surface area contributed by atoms with E-state index >= 15 is 0 Å². The zero-order chi connectivity index (χ0) is 26.0. The Kier molecular flexibility index (Phi) is 6.94. The Morgan fingerprint density at radius 3 is 1.51 bits per heavy atom. The van der Waals surface area contributed by atoms with Crippen LogP contribution in [0, 0.1) is 10.8 Å². The van der Waals surface area contributed by atoms with Gasteiger partial charge in [-0.15, -0.1) is 10.2 Å². The van der Waals surface area contributed by atoms with Crippen molar-refractivity contribution in [1.82, 2.24) is 40.4 Å². The minimum atomic E-state index is -0.708. The van der Waals surface area contributed by atoms with Crippen molar-refractivity contribution in [3.05, 3.63) is 23.8 Å². The average Bonchev–Trinajstić information content (AvgIpc) is 3.43. The number of amides is 1. The SMILES string of the molecule is CC(C)(C)C(=O)OCn1nnnc1-c1cc(C(N)=O)cc(-c2nnnn2COC(=O)C(C)(C)C)c1. The smallest absolute Gasteiger partial charge is 0.313 e. The van der Waals surface area contributed by atoms with Gasteiger partial charge >= 0.3 is 11.9 Å². The number of tetrazole rings is 2. The van der Waals surface area contributed by atoms with Gasteiger partial charge in [-0.25, -0.2) is 0 Å². The first-order valence-electron chi connectivity index (χ1n) is 10.6. The molecule has 1 aromatic carbocycles. The van der Waals surface area contributed by atoms with E-state index in [-0.39, 0.29) is 30.7 Å². The summed E-state index contributed by atoms with van der Waals surface area (Å²) in [4.78, 5) is 36.3. The van der Waals surface area contributed by atoms with Crippen molar-refractivity contribution in [2.75, 3.05) is 0 Å². The predicted molar refractivity (Wildman–Crippen MR) is 120 cm³/mol. The van der Waals surface area contributed by atoms with Crippen LogP contribution in [-0.2, 0) is 32.5 Å². The molecular formula is C21H27N9O5. The van der Waals surface area contributed by atoms with Crippen LogP contribution in [0.1, 0.15) is 51.9 Å². The fourth-order valence-electron chi connectivity index (χ4n) is 2.70. The molecule has 0 bridgehead atoms. The summed E-state index contributed by atoms with van der Waals surface area (Å²) in [5, 5.41) is 23.0. The Labute approximate surface area is 200 Å². The average molecular weight is 486 g/mol. The van der Waals surface area contributed by atoms with Gasteiger partial charge in [-0.2, -0.15) is 9.36 Å². The Bertz CT molecular complexity index is 1160. The van der Waals surface area contributed by atoms with E-state index in [4.69, 9.17) is 15.2 Å². The summed E-state index contributed by atoms with van der Waals surface area (Å²) >= 11 is 0. The molecule has 0 radical (unpaired) electrons. The molecule has 3 aromatic rings. The quantitative estimate of drug-likeness (QED) is 0.474. The number of carbonyl (C=O) groups excluding carboxylic acids is 3. The molecule has 0 fully saturated rings. The van der Waals surface area contributed by atoms with Crippen LogP contribution in [0.2, 0.25) is 0 Å². The molecule has 35 heavy (non-hydrogen) atoms. The predicted octanol–water partition coefficient (Wildman–Crippen LogP) is 1.19. The maximum Gasteiger partial charge on any atom is 0.313 e. The summed E-state index contributed by atoms with van der Waals surface area (Å²) < 4.78 is 13.1. The van der Waals surface area contributed by atoms with Crippen molar-refractivity contribution in [2.24, 2.45) is 16.6 Å². The number of benzene rings is 1. The molecule has 0 aliphatic heterocycles. The lowest BCUT2D eigenvalue weighted by molar-refractivity contribution is -0.158. The standard InChI is InChI=1S/C21H27N9O5/c1-20(2,3)18(32)34-10-29-16(23-25-27-29)13-7-12(15(22)31)8-14(9-13)17-24-26-28-30(17)11-35-19(33)21(4,5)6/h7-9H,10-11H2,1-6H3,(H2,22,31). The monoisotopic (exact) mass is 485 g/mol. The van der Waals surface area contributed by atoms with Gasteiger partial charge in [0.15, 0.2) is 25.1 Å². The van der Waals surface area contributed by atoms with Gasteiger partial charge in [0.25, 0.3) is 0 Å². The summed E-state index contributed by atoms with van der Waals surface area (Å²) in [5.41, 5.74) is 5.05. The highest BCUT2D eigenvalue weighted by molar-refractivity contribution is 5.95. The van der Waals surface area contributed by atoms with Crippen molar-refractivity contribution in [3.63, 3.8) is 0 Å². The molecule has 0 atom stereocenters. The second-order valence-corrected chi connectivity index (χ2v) is 9.79. The number of primary amides is 1. The molecule has 2 aromatic heterocycles. The molecule has 0 saturated heterocycles. The van der Waals surface area contributed by atoms with Gasteiger partial charge in [-0.05, 0) is 80.6 Å². The topological polar surface area (TPSA) is 183 Å². The lowest BCUT2D eigenvalue weighted by Gasteiger charge is -2.17. The molecule has 2 N–H and O–H groups in total. The zero-order valence-electron chi connectivity index (χ0n) is 20.3. The van der Waals surface area contributed by atoms with Crippen LogP contribution >= 0.6 is 0 Å². The number of nitrogens with two attached hydrogens (primary N) is 1. The number of hydrogen-bond donors (Lipinski definition) is 1. The molecule has 0 aliphatic rings. The van der Waals surface area contributed by atoms with Gasteiger partial charge in [-0.1, -0.05) is 0 Å². The maximum atomic E-state index is 12.1. The third-order valence-electron chi connectivity index (χ3n) is 4.66. The fourth-order valence-corrected chi connectivity index (χ4v) is 2.70. The van der Waals surface area contributed by atoms with Gasteiger partial charge in [0.2, 0.25) is 5.91 Å². The molecule has 1 amide bonds. The fraction of sp³-hybridized carbons (Fsp3) is 0.476. The van der Waals surface area contributed by atoms with Crippen LogP contribution in [0.3, 0.4) is 0 Å². The van der Waals surface area contributed by atoms with Crippen molar-refractivity contribution in [1.29, 1.82) is 0 Å². The first-order chi connectivity index (χ1) is 16.3. The molecule has 14 heteroatoms. The Hall–Kier alpha value is -4.23. The van der Waals surface area contributed by atoms with Crippen LogP contribution in [0.15, 0.2) is 18.2 Å². The molecule has 14 nitrogen and oxygen atoms in total. The first-order valence-corrected chi connectivity index (χ1v) is 10.6. The summed E-state index contributed by atoms with van der Waals surface area (Å²) in [7, 11) is 0. The molecule has 2 heterocycles. The van der Waals surface area contributed by atoms with E-state index in [9.17, 15) is 14.4 Å². The van der Waals surface area contributed by atoms with Crippen molar-refractivity contribution in [3.8, 4) is 22.8 Å². The lowest BCUT2D eigenvalue weighted by Crippen LogP contribution is -2.24. The van der Waals surface area contributed by atoms with Crippen LogP contribution < -0.4 is 5.73 Å². The van der Waals surface area contributed by atoms with Gasteiger partial charge in [-0.3, -0.25) is 14.4 Å². The second-order valence-electron chi connectivity index (χ2n) is 9.79. The summed E-state index contributed by atoms with van der Waals surface area (Å²) in [6.45, 7) is 9.86. The molecule has 0 spiro atoms. The largest absolute Gasteiger partial charge is 0.442 e. The van der Waals surface area contributed by atoms with E-state index in [1.807, 2.05) is 0 Å². The molecule has 186 valence electrons. The maximum absolute atomic E-state index is 12.1. The normalized spacial score (nSPS) is 11.8. The molecule has 3 rings (SSSR count). The van der Waals surface area contributed by atoms with Gasteiger partial charge < -0.3 is 15.2 Å². The molecule has 0 unspecified atom stereocenters. The summed E-state index contributed by atoms with van der Waals surface area (Å²) in [6, 6.07) is 4.62. The Morgan fingerprint density at radius 1 is 0.771 bits per heavy atom. The minimum absolute atomic E-state index is 0.139. The molecule has 0 aliphatic carbocycles. The van der Waals surface area contributed by atoms with Crippen molar-refractivity contribution in [2.45, 2.75) is 55.0 Å². The van der Waals surface area contributed by atoms with Crippen molar-refractivity contribution >= 4 is 17.8 Å². The number of ether oxygens (including phenoxy) is 2. The van der Waals surface area contributed by atoms with Crippen LogP contribution in [-0.4, -0.2) is 58.3 Å². The number of carbonyl (C=O) groups is 3. The Balaban J connectivity index is 1.95. The first kappa shape index (κ1) is 25.4. The van der Waals surface area contributed by atoms with E-state index in [2.05, 4.69) is 31.1 Å². The molecule has 0 saturated carbocycles. The van der Waals surface area contributed by atoms with E-state index in [1.54, 1.807) is 47.6 Å². The van der Waals surface area contributed by atoms with Crippen LogP contribution in [0.25, 0.3) is 22.8 Å². The number of rotatable bonds is 7. The molecular weight excluding hydrogens is 458 g/mol. The van der Waals surface area contributed by atoms with Gasteiger partial charge in [0.1, 0.15) is 0 Å². The highest BCUT2D eigenvalue weighted by atomic mass is 16.5. The highest BCUT2D eigenvalue weighted by Gasteiger charge is 2.25. The summed E-state index contributed by atoms with van der Waals surface area (Å²) in [6.07, 6.45) is 0. The number of hydrogen-bond acceptors (Lipinski definition) is 11. The summed E-state index contributed by atoms with van der Waals surface area (Å²) in [5.74, 6) is -1.14. The Morgan fingerprint density at radius 2 is 1.17 bits per heavy atom. The van der Waals surface area contributed by atoms with Crippen LogP contribution in [0.5, 0.6) is 0 Å². The number of nitrogens with zero attached hydrogens (tertiary/aromatic N) is 8. The van der Waals surface area contributed by atoms with Crippen molar-refractivity contribution < 1.29 is 23.9 Å². The van der Waals surface area contributed by atoms with Gasteiger partial charge in [0, 0.05) is 16.7 Å². The minimum Gasteiger partial charge on any atom is -0.442 e. The van der Waals surface area contributed by atoms with Crippen LogP contribution in [0.4, 0.5) is 0 Å².